The maximum atomic E-state index is 12.7. The van der Waals surface area contributed by atoms with Gasteiger partial charge in [0.05, 0.1) is 38.7 Å². The van der Waals surface area contributed by atoms with Gasteiger partial charge in [-0.2, -0.15) is 57.7 Å². The molecule has 0 unspecified atom stereocenters. The van der Waals surface area contributed by atoms with E-state index in [4.69, 9.17) is 11.8 Å². The maximum Gasteiger partial charge on any atom is 0.315 e. The minimum atomic E-state index is -4.72. The third-order valence-corrected chi connectivity index (χ3v) is 8.36. The second kappa shape index (κ2) is 13.2. The van der Waals surface area contributed by atoms with E-state index in [9.17, 15) is 27.0 Å². The number of fused-ring (bicyclic) bond motifs is 1. The van der Waals surface area contributed by atoms with Gasteiger partial charge in [-0.1, -0.05) is 18.2 Å². The molecule has 6 N–H and O–H groups in total. The Morgan fingerprint density at radius 1 is 0.565 bits per heavy atom. The van der Waals surface area contributed by atoms with E-state index in [0.717, 1.165) is 18.2 Å². The van der Waals surface area contributed by atoms with Crippen LogP contribution in [-0.4, -0.2) is 27.0 Å². The van der Waals surface area contributed by atoms with Gasteiger partial charge in [0, 0.05) is 0 Å². The van der Waals surface area contributed by atoms with Crippen molar-refractivity contribution in [1.29, 1.82) is 0 Å². The Hall–Kier alpha value is -5.50. The number of benzene rings is 5. The number of aromatic hydroxyl groups is 2. The highest BCUT2D eigenvalue weighted by molar-refractivity contribution is 7.87. The molecule has 18 heteroatoms. The van der Waals surface area contributed by atoms with Crippen LogP contribution in [0.15, 0.2) is 138 Å². The van der Waals surface area contributed by atoms with Gasteiger partial charge in [-0.15, -0.1) is 10.2 Å². The number of phenolic OH excluding ortho intramolecular Hbond substituents is 2. The molecular weight excluding hydrogens is 640 g/mol. The topological polar surface area (TPSA) is 253 Å². The van der Waals surface area contributed by atoms with Crippen LogP contribution in [-0.2, 0) is 28.8 Å². The molecule has 5 aromatic rings. The zero-order chi connectivity index (χ0) is 32.9. The standard InChI is InChI=1S/C28H22N8O8S2/c29-43-45(39,40)23-14-17-15-25(46(41,42)44-30)27(36-34-18-4-2-1-3-5-18)28(38)26(17)24(16-23)35-33-20-8-6-19(7-9-20)31-32-21-10-12-22(37)13-11-21/h1-16,37-38H,29-30H2. The molecule has 0 aliphatic carbocycles. The van der Waals surface area contributed by atoms with E-state index in [-0.39, 0.29) is 22.2 Å². The molecule has 0 aliphatic heterocycles. The fraction of sp³-hybridized carbons (Fsp3) is 0. The van der Waals surface area contributed by atoms with Crippen LogP contribution in [0, 0.1) is 0 Å². The van der Waals surface area contributed by atoms with Crippen molar-refractivity contribution in [1.82, 2.24) is 0 Å². The highest BCUT2D eigenvalue weighted by atomic mass is 32.2. The van der Waals surface area contributed by atoms with Crippen molar-refractivity contribution in [3.63, 3.8) is 0 Å². The molecule has 0 amide bonds. The molecule has 16 nitrogen and oxygen atoms in total. The summed E-state index contributed by atoms with van der Waals surface area (Å²) in [4.78, 5) is -1.25. The largest absolute Gasteiger partial charge is 0.508 e. The molecule has 0 heterocycles. The van der Waals surface area contributed by atoms with Gasteiger partial charge in [0.2, 0.25) is 0 Å². The van der Waals surface area contributed by atoms with Gasteiger partial charge in [0.15, 0.2) is 5.75 Å². The molecule has 0 bridgehead atoms. The van der Waals surface area contributed by atoms with E-state index >= 15 is 0 Å². The lowest BCUT2D eigenvalue weighted by molar-refractivity contribution is 0.332. The number of nitrogens with zero attached hydrogens (tertiary/aromatic N) is 6. The highest BCUT2D eigenvalue weighted by Gasteiger charge is 2.27. The van der Waals surface area contributed by atoms with E-state index in [1.54, 1.807) is 66.7 Å². The lowest BCUT2D eigenvalue weighted by Gasteiger charge is -2.13. The maximum absolute atomic E-state index is 12.7. The lowest BCUT2D eigenvalue weighted by Crippen LogP contribution is -2.12. The zero-order valence-corrected chi connectivity index (χ0v) is 24.9. The van der Waals surface area contributed by atoms with Crippen LogP contribution >= 0.6 is 0 Å². The number of nitrogens with two attached hydrogens (primary N) is 2. The van der Waals surface area contributed by atoms with Gasteiger partial charge < -0.3 is 10.2 Å². The lowest BCUT2D eigenvalue weighted by atomic mass is 10.1. The summed E-state index contributed by atoms with van der Waals surface area (Å²) in [7, 11) is -9.27. The van der Waals surface area contributed by atoms with Crippen molar-refractivity contribution in [2.45, 2.75) is 9.79 Å². The molecule has 0 aromatic heterocycles. The van der Waals surface area contributed by atoms with Crippen LogP contribution in [0.5, 0.6) is 11.5 Å². The minimum absolute atomic E-state index is 0.0938. The van der Waals surface area contributed by atoms with Crippen molar-refractivity contribution in [3.8, 4) is 11.5 Å². The molecule has 0 saturated heterocycles. The van der Waals surface area contributed by atoms with Gasteiger partial charge in [-0.25, -0.2) is 0 Å². The van der Waals surface area contributed by atoms with Gasteiger partial charge in [-0.05, 0) is 84.2 Å². The first-order valence-corrected chi connectivity index (χ1v) is 15.6. The molecule has 5 rings (SSSR count). The smallest absolute Gasteiger partial charge is 0.315 e. The summed E-state index contributed by atoms with van der Waals surface area (Å²) in [5.74, 6) is 9.32. The monoisotopic (exact) mass is 662 g/mol. The van der Waals surface area contributed by atoms with Gasteiger partial charge in [-0.3, -0.25) is 0 Å². The normalized spacial score (nSPS) is 12.6. The molecule has 0 saturated carbocycles. The Morgan fingerprint density at radius 2 is 1.07 bits per heavy atom. The number of hydrogen-bond donors (Lipinski definition) is 4. The van der Waals surface area contributed by atoms with Crippen molar-refractivity contribution in [2.24, 2.45) is 42.5 Å². The van der Waals surface area contributed by atoms with Crippen molar-refractivity contribution >= 4 is 65.1 Å². The second-order valence-corrected chi connectivity index (χ2v) is 12.3. The Bertz CT molecular complexity index is 2210. The van der Waals surface area contributed by atoms with Gasteiger partial charge >= 0.3 is 20.2 Å². The highest BCUT2D eigenvalue weighted by Crippen LogP contribution is 2.46. The Balaban J connectivity index is 1.62. The van der Waals surface area contributed by atoms with Crippen molar-refractivity contribution in [3.05, 3.63) is 97.1 Å². The Morgan fingerprint density at radius 3 is 1.63 bits per heavy atom. The molecule has 0 radical (unpaired) electrons. The number of phenols is 2. The van der Waals surface area contributed by atoms with Crippen molar-refractivity contribution in [2.75, 3.05) is 0 Å². The van der Waals surface area contributed by atoms with Crippen LogP contribution in [0.3, 0.4) is 0 Å². The third kappa shape index (κ3) is 7.07. The Labute approximate surface area is 261 Å². The average molecular weight is 663 g/mol. The zero-order valence-electron chi connectivity index (χ0n) is 23.2. The SMILES string of the molecule is NOS(=O)(=O)c1cc(N=Nc2ccc(N=Nc3ccc(O)cc3)cc2)c2c(O)c(N=Nc3ccccc3)c(S(=O)(=O)ON)cc2c1. The quantitative estimate of drug-likeness (QED) is 0.0913. The summed E-state index contributed by atoms with van der Waals surface area (Å²) < 4.78 is 58.8. The summed E-state index contributed by atoms with van der Waals surface area (Å²) >= 11 is 0. The van der Waals surface area contributed by atoms with Crippen molar-refractivity contribution < 1.29 is 35.6 Å². The molecule has 0 atom stereocenters. The van der Waals surface area contributed by atoms with E-state index in [1.165, 1.54) is 12.1 Å². The molecule has 46 heavy (non-hydrogen) atoms. The van der Waals surface area contributed by atoms with Crippen LogP contribution in [0.2, 0.25) is 0 Å². The van der Waals surface area contributed by atoms with E-state index < -0.39 is 41.5 Å². The molecule has 5 aromatic carbocycles. The molecule has 0 spiro atoms. The van der Waals surface area contributed by atoms with Gasteiger partial charge in [0.25, 0.3) is 0 Å². The molecule has 0 fully saturated rings. The number of hydrogen-bond acceptors (Lipinski definition) is 16. The Kier molecular flexibility index (Phi) is 9.18. The summed E-state index contributed by atoms with van der Waals surface area (Å²) in [6, 6.07) is 23.6. The molecule has 234 valence electrons. The predicted molar refractivity (Wildman–Crippen MR) is 164 cm³/mol. The molecular formula is C28H22N8O8S2. The summed E-state index contributed by atoms with van der Waals surface area (Å²) in [5.41, 5.74) is 0.808. The first-order valence-electron chi connectivity index (χ1n) is 12.8. The van der Waals surface area contributed by atoms with E-state index in [0.29, 0.717) is 22.7 Å². The third-order valence-electron chi connectivity index (χ3n) is 6.19. The van der Waals surface area contributed by atoms with E-state index in [1.807, 2.05) is 0 Å². The van der Waals surface area contributed by atoms with Crippen LogP contribution in [0.4, 0.5) is 34.1 Å². The number of rotatable bonds is 10. The van der Waals surface area contributed by atoms with Crippen LogP contribution in [0.25, 0.3) is 10.8 Å². The summed E-state index contributed by atoms with van der Waals surface area (Å²) in [6.45, 7) is 0. The first kappa shape index (κ1) is 31.9. The van der Waals surface area contributed by atoms with E-state index in [2.05, 4.69) is 39.3 Å². The fourth-order valence-corrected chi connectivity index (χ4v) is 5.38. The number of azo groups is 3. The minimum Gasteiger partial charge on any atom is -0.508 e. The summed E-state index contributed by atoms with van der Waals surface area (Å²) in [5, 5.41) is 44.8. The molecule has 0 aliphatic rings. The van der Waals surface area contributed by atoms with Crippen LogP contribution < -0.4 is 11.8 Å². The van der Waals surface area contributed by atoms with Gasteiger partial charge in [0.1, 0.15) is 16.3 Å². The fourth-order valence-electron chi connectivity index (χ4n) is 3.99. The first-order chi connectivity index (χ1) is 22.0. The predicted octanol–water partition coefficient (Wildman–Crippen LogP) is 6.66. The summed E-state index contributed by atoms with van der Waals surface area (Å²) in [6.07, 6.45) is 0. The second-order valence-electron chi connectivity index (χ2n) is 9.18. The average Bonchev–Trinajstić information content (AvgIpc) is 3.07. The van der Waals surface area contributed by atoms with Crippen LogP contribution in [0.1, 0.15) is 0 Å².